The molecule has 7 heteroatoms. The molecule has 1 aliphatic rings. The molecule has 0 bridgehead atoms. The summed E-state index contributed by atoms with van der Waals surface area (Å²) in [5.41, 5.74) is 2.38. The number of rotatable bonds is 7. The van der Waals surface area contributed by atoms with E-state index in [9.17, 15) is 9.18 Å². The van der Waals surface area contributed by atoms with Crippen LogP contribution in [0.25, 0.3) is 22.0 Å². The predicted octanol–water partition coefficient (Wildman–Crippen LogP) is 4.70. The van der Waals surface area contributed by atoms with Crippen molar-refractivity contribution < 1.29 is 9.18 Å². The first kappa shape index (κ1) is 24.1. The van der Waals surface area contributed by atoms with Gasteiger partial charge in [0.2, 0.25) is 0 Å². The van der Waals surface area contributed by atoms with Gasteiger partial charge in [0, 0.05) is 51.2 Å². The highest BCUT2D eigenvalue weighted by Gasteiger charge is 2.21. The largest absolute Gasteiger partial charge is 0.353 e. The number of anilines is 1. The number of benzene rings is 2. The van der Waals surface area contributed by atoms with Crippen LogP contribution >= 0.6 is 0 Å². The maximum Gasteiger partial charge on any atom is 0.256 e. The first-order chi connectivity index (χ1) is 16.3. The zero-order chi connectivity index (χ0) is 24.2. The molecule has 180 valence electrons. The average Bonchev–Trinajstić information content (AvgIpc) is 2.83. The summed E-state index contributed by atoms with van der Waals surface area (Å²) >= 11 is 0. The van der Waals surface area contributed by atoms with Crippen LogP contribution in [0.3, 0.4) is 0 Å². The molecular formula is C27H34FN5O. The Kier molecular flexibility index (Phi) is 7.41. The molecule has 0 atom stereocenters. The van der Waals surface area contributed by atoms with E-state index in [1.54, 1.807) is 32.6 Å². The van der Waals surface area contributed by atoms with Gasteiger partial charge in [-0.25, -0.2) is 14.4 Å². The van der Waals surface area contributed by atoms with Gasteiger partial charge in [-0.1, -0.05) is 32.0 Å². The summed E-state index contributed by atoms with van der Waals surface area (Å²) in [6, 6.07) is 10.7. The van der Waals surface area contributed by atoms with Crippen molar-refractivity contribution in [3.05, 3.63) is 54.1 Å². The third-order valence-corrected chi connectivity index (χ3v) is 6.49. The molecule has 1 amide bonds. The van der Waals surface area contributed by atoms with Gasteiger partial charge in [-0.2, -0.15) is 0 Å². The molecule has 0 spiro atoms. The summed E-state index contributed by atoms with van der Waals surface area (Å²) < 4.78 is 14.8. The van der Waals surface area contributed by atoms with Crippen LogP contribution < -0.4 is 4.90 Å². The second kappa shape index (κ2) is 10.5. The van der Waals surface area contributed by atoms with Gasteiger partial charge in [0.1, 0.15) is 18.0 Å². The number of fused-ring (bicyclic) bond motifs is 1. The molecule has 0 aliphatic carbocycles. The van der Waals surface area contributed by atoms with Crippen LogP contribution in [0.2, 0.25) is 0 Å². The number of piperazine rings is 1. The van der Waals surface area contributed by atoms with Gasteiger partial charge in [-0.05, 0) is 49.1 Å². The standard InChI is InChI=1S/C27H34FN5O/c1-19(2)7-6-12-32-13-15-33(16-14-32)26-23-9-5-8-21(25(23)29-18-30-26)20-10-11-22(24(28)17-20)27(34)31(3)4/h5,8-11,17-19H,6-7,12-16H2,1-4H3. The second-order valence-corrected chi connectivity index (χ2v) is 9.66. The average molecular weight is 464 g/mol. The fourth-order valence-electron chi connectivity index (χ4n) is 4.56. The Balaban J connectivity index is 1.57. The van der Waals surface area contributed by atoms with E-state index in [0.29, 0.717) is 5.56 Å². The van der Waals surface area contributed by atoms with E-state index >= 15 is 0 Å². The third kappa shape index (κ3) is 5.20. The Bertz CT molecular complexity index is 1150. The summed E-state index contributed by atoms with van der Waals surface area (Å²) in [7, 11) is 3.23. The fourth-order valence-corrected chi connectivity index (χ4v) is 4.56. The minimum absolute atomic E-state index is 0.0653. The molecule has 6 nitrogen and oxygen atoms in total. The zero-order valence-electron chi connectivity index (χ0n) is 20.6. The predicted molar refractivity (Wildman–Crippen MR) is 136 cm³/mol. The van der Waals surface area contributed by atoms with Crippen LogP contribution in [0.15, 0.2) is 42.7 Å². The lowest BCUT2D eigenvalue weighted by atomic mass is 10.00. The molecule has 3 aromatic rings. The quantitative estimate of drug-likeness (QED) is 0.509. The minimum atomic E-state index is -0.531. The minimum Gasteiger partial charge on any atom is -0.353 e. The molecule has 2 aromatic carbocycles. The van der Waals surface area contributed by atoms with Crippen molar-refractivity contribution in [1.29, 1.82) is 0 Å². The molecule has 0 saturated carbocycles. The number of carbonyl (C=O) groups excluding carboxylic acids is 1. The van der Waals surface area contributed by atoms with Crippen LogP contribution in [0.4, 0.5) is 10.2 Å². The Morgan fingerprint density at radius 2 is 1.85 bits per heavy atom. The lowest BCUT2D eigenvalue weighted by molar-refractivity contribution is 0.0823. The number of nitrogens with zero attached hydrogens (tertiary/aromatic N) is 5. The van der Waals surface area contributed by atoms with E-state index in [4.69, 9.17) is 0 Å². The van der Waals surface area contributed by atoms with E-state index in [1.807, 2.05) is 18.2 Å². The Morgan fingerprint density at radius 1 is 1.09 bits per heavy atom. The van der Waals surface area contributed by atoms with Crippen molar-refractivity contribution in [2.24, 2.45) is 5.92 Å². The Hall–Kier alpha value is -3.06. The summed E-state index contributed by atoms with van der Waals surface area (Å²) in [6.07, 6.45) is 4.11. The van der Waals surface area contributed by atoms with Gasteiger partial charge in [0.05, 0.1) is 11.1 Å². The highest BCUT2D eigenvalue weighted by molar-refractivity contribution is 6.00. The molecule has 1 fully saturated rings. The number of halogens is 1. The third-order valence-electron chi connectivity index (χ3n) is 6.49. The van der Waals surface area contributed by atoms with Gasteiger partial charge in [-0.15, -0.1) is 0 Å². The number of hydrogen-bond donors (Lipinski definition) is 0. The normalized spacial score (nSPS) is 14.7. The number of amides is 1. The van der Waals surface area contributed by atoms with Crippen LogP contribution in [0.5, 0.6) is 0 Å². The lowest BCUT2D eigenvalue weighted by Gasteiger charge is -2.36. The molecule has 1 aromatic heterocycles. The van der Waals surface area contributed by atoms with Gasteiger partial charge < -0.3 is 9.80 Å². The molecule has 2 heterocycles. The molecule has 1 aliphatic heterocycles. The molecule has 0 N–H and O–H groups in total. The van der Waals surface area contributed by atoms with Gasteiger partial charge in [-0.3, -0.25) is 9.69 Å². The molecule has 0 unspecified atom stereocenters. The SMILES string of the molecule is CC(C)CCCN1CCN(c2ncnc3c(-c4ccc(C(=O)N(C)C)c(F)c4)cccc23)CC1. The fraction of sp³-hybridized carbons (Fsp3) is 0.444. The highest BCUT2D eigenvalue weighted by atomic mass is 19.1. The van der Waals surface area contributed by atoms with Crippen molar-refractivity contribution >= 4 is 22.6 Å². The Labute approximate surface area is 201 Å². The summed E-state index contributed by atoms with van der Waals surface area (Å²) in [6.45, 7) is 9.60. The Morgan fingerprint density at radius 3 is 2.53 bits per heavy atom. The van der Waals surface area contributed by atoms with Gasteiger partial charge >= 0.3 is 0 Å². The van der Waals surface area contributed by atoms with Crippen LogP contribution in [-0.2, 0) is 0 Å². The van der Waals surface area contributed by atoms with E-state index in [1.165, 1.54) is 23.8 Å². The molecule has 4 rings (SSSR count). The van der Waals surface area contributed by atoms with Crippen molar-refractivity contribution in [3.8, 4) is 11.1 Å². The maximum absolute atomic E-state index is 14.8. The number of aromatic nitrogens is 2. The first-order valence-corrected chi connectivity index (χ1v) is 12.1. The number of carbonyl (C=O) groups is 1. The summed E-state index contributed by atoms with van der Waals surface area (Å²) in [4.78, 5) is 27.6. The van der Waals surface area contributed by atoms with Crippen molar-refractivity contribution in [1.82, 2.24) is 19.8 Å². The van der Waals surface area contributed by atoms with Crippen LogP contribution in [0.1, 0.15) is 37.0 Å². The van der Waals surface area contributed by atoms with E-state index in [2.05, 4.69) is 33.6 Å². The lowest BCUT2D eigenvalue weighted by Crippen LogP contribution is -2.47. The van der Waals surface area contributed by atoms with E-state index < -0.39 is 5.82 Å². The van der Waals surface area contributed by atoms with Gasteiger partial charge in [0.15, 0.2) is 0 Å². The van der Waals surface area contributed by atoms with Crippen molar-refractivity contribution in [2.45, 2.75) is 26.7 Å². The van der Waals surface area contributed by atoms with E-state index in [-0.39, 0.29) is 11.5 Å². The summed E-state index contributed by atoms with van der Waals surface area (Å²) in [5, 5.41) is 0.960. The smallest absolute Gasteiger partial charge is 0.256 e. The number of para-hydroxylation sites is 1. The topological polar surface area (TPSA) is 52.6 Å². The molecule has 0 radical (unpaired) electrons. The van der Waals surface area contributed by atoms with Crippen LogP contribution in [-0.4, -0.2) is 72.5 Å². The zero-order valence-corrected chi connectivity index (χ0v) is 20.6. The molecule has 1 saturated heterocycles. The van der Waals surface area contributed by atoms with Gasteiger partial charge in [0.25, 0.3) is 5.91 Å². The molecule has 34 heavy (non-hydrogen) atoms. The first-order valence-electron chi connectivity index (χ1n) is 12.1. The van der Waals surface area contributed by atoms with E-state index in [0.717, 1.165) is 60.9 Å². The number of hydrogen-bond acceptors (Lipinski definition) is 5. The maximum atomic E-state index is 14.8. The monoisotopic (exact) mass is 463 g/mol. The van der Waals surface area contributed by atoms with Crippen LogP contribution in [0, 0.1) is 11.7 Å². The van der Waals surface area contributed by atoms with Crippen molar-refractivity contribution in [2.75, 3.05) is 51.7 Å². The second-order valence-electron chi connectivity index (χ2n) is 9.66. The molecular weight excluding hydrogens is 429 g/mol. The highest BCUT2D eigenvalue weighted by Crippen LogP contribution is 2.32. The van der Waals surface area contributed by atoms with Crippen molar-refractivity contribution in [3.63, 3.8) is 0 Å². The summed E-state index contributed by atoms with van der Waals surface area (Å²) in [5.74, 6) is 0.792.